The average molecular weight is 325 g/mol. The van der Waals surface area contributed by atoms with E-state index < -0.39 is 4.92 Å². The Morgan fingerprint density at radius 2 is 2.14 bits per heavy atom. The maximum absolute atomic E-state index is 12.4. The van der Waals surface area contributed by atoms with E-state index in [1.165, 1.54) is 23.1 Å². The zero-order valence-corrected chi connectivity index (χ0v) is 13.1. The lowest BCUT2D eigenvalue weighted by molar-refractivity contribution is -0.384. The largest absolute Gasteiger partial charge is 0.337 e. The standard InChI is InChI=1S/C14H13ClN2O3S/c1-9-5-6-21-13(9)8-16(2)14(18)11-7-10(17(19)20)3-4-12(11)15/h3-7H,8H2,1-2H3. The molecule has 0 N–H and O–H groups in total. The zero-order valence-electron chi connectivity index (χ0n) is 11.5. The number of amides is 1. The van der Waals surface area contributed by atoms with Gasteiger partial charge in [0.15, 0.2) is 0 Å². The minimum atomic E-state index is -0.545. The molecule has 0 aliphatic carbocycles. The maximum Gasteiger partial charge on any atom is 0.270 e. The molecule has 0 spiro atoms. The molecule has 0 aliphatic heterocycles. The van der Waals surface area contributed by atoms with Gasteiger partial charge in [-0.1, -0.05) is 11.6 Å². The molecular formula is C14H13ClN2O3S. The van der Waals surface area contributed by atoms with E-state index in [4.69, 9.17) is 11.6 Å². The molecule has 1 amide bonds. The number of nitrogens with zero attached hydrogens (tertiary/aromatic N) is 2. The highest BCUT2D eigenvalue weighted by Gasteiger charge is 2.19. The van der Waals surface area contributed by atoms with Gasteiger partial charge in [0.1, 0.15) is 0 Å². The molecule has 0 bridgehead atoms. The molecule has 21 heavy (non-hydrogen) atoms. The normalized spacial score (nSPS) is 10.4. The molecular weight excluding hydrogens is 312 g/mol. The molecule has 0 saturated heterocycles. The Bertz CT molecular complexity index is 699. The molecule has 0 saturated carbocycles. The van der Waals surface area contributed by atoms with Crippen molar-refractivity contribution in [3.05, 3.63) is 60.8 Å². The smallest absolute Gasteiger partial charge is 0.270 e. The van der Waals surface area contributed by atoms with Crippen molar-refractivity contribution in [2.45, 2.75) is 13.5 Å². The number of carbonyl (C=O) groups is 1. The second-order valence-electron chi connectivity index (χ2n) is 4.61. The fourth-order valence-electron chi connectivity index (χ4n) is 1.85. The molecule has 0 fully saturated rings. The Hall–Kier alpha value is -1.92. The highest BCUT2D eigenvalue weighted by atomic mass is 35.5. The van der Waals surface area contributed by atoms with Crippen molar-refractivity contribution in [3.63, 3.8) is 0 Å². The summed E-state index contributed by atoms with van der Waals surface area (Å²) in [5.74, 6) is -0.337. The lowest BCUT2D eigenvalue weighted by atomic mass is 10.1. The average Bonchev–Trinajstić information content (AvgIpc) is 2.83. The Kier molecular flexibility index (Phi) is 4.59. The fraction of sp³-hybridized carbons (Fsp3) is 0.214. The van der Waals surface area contributed by atoms with Crippen LogP contribution in [0.15, 0.2) is 29.6 Å². The molecule has 5 nitrogen and oxygen atoms in total. The number of halogens is 1. The number of aryl methyl sites for hydroxylation is 1. The molecule has 1 aromatic heterocycles. The summed E-state index contributed by atoms with van der Waals surface area (Å²) >= 11 is 7.55. The van der Waals surface area contributed by atoms with Gasteiger partial charge in [-0.25, -0.2) is 0 Å². The van der Waals surface area contributed by atoms with Crippen molar-refractivity contribution in [2.24, 2.45) is 0 Å². The number of hydrogen-bond acceptors (Lipinski definition) is 4. The third-order valence-corrected chi connectivity index (χ3v) is 4.42. The van der Waals surface area contributed by atoms with Crippen LogP contribution in [0, 0.1) is 17.0 Å². The number of rotatable bonds is 4. The summed E-state index contributed by atoms with van der Waals surface area (Å²) < 4.78 is 0. The van der Waals surface area contributed by atoms with Crippen molar-refractivity contribution in [3.8, 4) is 0 Å². The SMILES string of the molecule is Cc1ccsc1CN(C)C(=O)c1cc([N+](=O)[O-])ccc1Cl. The highest BCUT2D eigenvalue weighted by Crippen LogP contribution is 2.24. The van der Waals surface area contributed by atoms with Crippen LogP contribution in [0.3, 0.4) is 0 Å². The lowest BCUT2D eigenvalue weighted by Crippen LogP contribution is -2.26. The molecule has 2 rings (SSSR count). The topological polar surface area (TPSA) is 63.5 Å². The predicted molar refractivity (Wildman–Crippen MR) is 83.0 cm³/mol. The van der Waals surface area contributed by atoms with E-state index in [-0.39, 0.29) is 22.2 Å². The van der Waals surface area contributed by atoms with Crippen LogP contribution in [0.1, 0.15) is 20.8 Å². The number of hydrogen-bond donors (Lipinski definition) is 0. The van der Waals surface area contributed by atoms with Crippen molar-refractivity contribution in [2.75, 3.05) is 7.05 Å². The minimum absolute atomic E-state index is 0.141. The fourth-order valence-corrected chi connectivity index (χ4v) is 3.01. The third kappa shape index (κ3) is 3.40. The summed E-state index contributed by atoms with van der Waals surface area (Å²) in [6.07, 6.45) is 0. The van der Waals surface area contributed by atoms with E-state index >= 15 is 0 Å². The monoisotopic (exact) mass is 324 g/mol. The van der Waals surface area contributed by atoms with E-state index in [0.29, 0.717) is 6.54 Å². The van der Waals surface area contributed by atoms with Crippen LogP contribution in [-0.2, 0) is 6.54 Å². The first-order valence-electron chi connectivity index (χ1n) is 6.12. The lowest BCUT2D eigenvalue weighted by Gasteiger charge is -2.17. The van der Waals surface area contributed by atoms with Gasteiger partial charge in [0.25, 0.3) is 11.6 Å². The molecule has 0 unspecified atom stereocenters. The molecule has 7 heteroatoms. The van der Waals surface area contributed by atoms with Crippen molar-refractivity contribution in [1.82, 2.24) is 4.90 Å². The molecule has 0 aliphatic rings. The van der Waals surface area contributed by atoms with Crippen LogP contribution >= 0.6 is 22.9 Å². The Morgan fingerprint density at radius 1 is 1.43 bits per heavy atom. The zero-order chi connectivity index (χ0) is 15.6. The number of thiophene rings is 1. The number of non-ortho nitro benzene ring substituents is 1. The highest BCUT2D eigenvalue weighted by molar-refractivity contribution is 7.10. The van der Waals surface area contributed by atoms with E-state index in [1.54, 1.807) is 18.4 Å². The van der Waals surface area contributed by atoms with Crippen molar-refractivity contribution in [1.29, 1.82) is 0 Å². The molecule has 0 radical (unpaired) electrons. The van der Waals surface area contributed by atoms with Gasteiger partial charge in [-0.3, -0.25) is 14.9 Å². The van der Waals surface area contributed by atoms with E-state index in [0.717, 1.165) is 10.4 Å². The molecule has 0 atom stereocenters. The first-order chi connectivity index (χ1) is 9.90. The van der Waals surface area contributed by atoms with Crippen LogP contribution < -0.4 is 0 Å². The van der Waals surface area contributed by atoms with Crippen LogP contribution in [0.2, 0.25) is 5.02 Å². The van der Waals surface area contributed by atoms with Crippen molar-refractivity contribution >= 4 is 34.5 Å². The van der Waals surface area contributed by atoms with Gasteiger partial charge in [-0.15, -0.1) is 11.3 Å². The minimum Gasteiger partial charge on any atom is -0.337 e. The number of carbonyl (C=O) groups excluding carboxylic acids is 1. The molecule has 1 aromatic carbocycles. The number of benzene rings is 1. The van der Waals surface area contributed by atoms with Gasteiger partial charge < -0.3 is 4.90 Å². The third-order valence-electron chi connectivity index (χ3n) is 3.09. The summed E-state index contributed by atoms with van der Waals surface area (Å²) in [5, 5.41) is 13.0. The quantitative estimate of drug-likeness (QED) is 0.633. The van der Waals surface area contributed by atoms with Gasteiger partial charge in [0.05, 0.1) is 22.1 Å². The van der Waals surface area contributed by atoms with E-state index in [9.17, 15) is 14.9 Å². The van der Waals surface area contributed by atoms with Crippen LogP contribution in [0.4, 0.5) is 5.69 Å². The second kappa shape index (κ2) is 6.24. The summed E-state index contributed by atoms with van der Waals surface area (Å²) in [5.41, 5.74) is 1.11. The first-order valence-corrected chi connectivity index (χ1v) is 7.38. The van der Waals surface area contributed by atoms with Gasteiger partial charge in [0, 0.05) is 24.1 Å². The van der Waals surface area contributed by atoms with Crippen LogP contribution in [0.5, 0.6) is 0 Å². The molecule has 1 heterocycles. The summed E-state index contributed by atoms with van der Waals surface area (Å²) in [6, 6.07) is 5.85. The number of nitro groups is 1. The number of nitro benzene ring substituents is 1. The summed E-state index contributed by atoms with van der Waals surface area (Å²) in [6.45, 7) is 2.42. The van der Waals surface area contributed by atoms with Crippen LogP contribution in [0.25, 0.3) is 0 Å². The second-order valence-corrected chi connectivity index (χ2v) is 6.02. The first kappa shape index (κ1) is 15.5. The summed E-state index contributed by atoms with van der Waals surface area (Å²) in [4.78, 5) is 25.2. The molecule has 2 aromatic rings. The van der Waals surface area contributed by atoms with E-state index in [1.807, 2.05) is 18.4 Å². The molecule has 110 valence electrons. The maximum atomic E-state index is 12.4. The van der Waals surface area contributed by atoms with Crippen molar-refractivity contribution < 1.29 is 9.72 Å². The van der Waals surface area contributed by atoms with Crippen LogP contribution in [-0.4, -0.2) is 22.8 Å². The van der Waals surface area contributed by atoms with Gasteiger partial charge in [0.2, 0.25) is 0 Å². The predicted octanol–water partition coefficient (Wildman–Crippen LogP) is 3.89. The Labute approximate surface area is 130 Å². The summed E-state index contributed by atoms with van der Waals surface area (Å²) in [7, 11) is 1.65. The Balaban J connectivity index is 2.25. The van der Waals surface area contributed by atoms with Gasteiger partial charge >= 0.3 is 0 Å². The van der Waals surface area contributed by atoms with Gasteiger partial charge in [-0.2, -0.15) is 0 Å². The van der Waals surface area contributed by atoms with E-state index in [2.05, 4.69) is 0 Å². The Morgan fingerprint density at radius 3 is 2.71 bits per heavy atom. The van der Waals surface area contributed by atoms with Gasteiger partial charge in [-0.05, 0) is 30.0 Å².